The highest BCUT2D eigenvalue weighted by Gasteiger charge is 2.26. The number of fused-ring (bicyclic) bond motifs is 3. The van der Waals surface area contributed by atoms with Gasteiger partial charge in [-0.1, -0.05) is 24.3 Å². The molecule has 3 heterocycles. The van der Waals surface area contributed by atoms with Gasteiger partial charge >= 0.3 is 0 Å². The number of piperazine rings is 1. The Kier molecular flexibility index (Phi) is 5.51. The van der Waals surface area contributed by atoms with Crippen molar-refractivity contribution in [2.45, 2.75) is 46.1 Å². The largest absolute Gasteiger partial charge is 0.336 e. The van der Waals surface area contributed by atoms with Gasteiger partial charge in [-0.2, -0.15) is 5.10 Å². The lowest BCUT2D eigenvalue weighted by atomic mass is 10.0. The van der Waals surface area contributed by atoms with Crippen molar-refractivity contribution in [2.75, 3.05) is 26.2 Å². The van der Waals surface area contributed by atoms with Gasteiger partial charge in [0, 0.05) is 44.0 Å². The van der Waals surface area contributed by atoms with Gasteiger partial charge in [-0.25, -0.2) is 14.6 Å². The highest BCUT2D eigenvalue weighted by atomic mass is 16.2. The highest BCUT2D eigenvalue weighted by Crippen LogP contribution is 2.31. The van der Waals surface area contributed by atoms with Crippen LogP contribution in [0.15, 0.2) is 36.7 Å². The van der Waals surface area contributed by atoms with Gasteiger partial charge in [-0.05, 0) is 51.2 Å². The molecule has 7 heteroatoms. The average Bonchev–Trinajstić information content (AvgIpc) is 3.10. The normalized spacial score (nSPS) is 16.6. The number of aromatic nitrogens is 4. The molecular weight excluding hydrogens is 400 g/mol. The van der Waals surface area contributed by atoms with Crippen molar-refractivity contribution in [2.24, 2.45) is 0 Å². The number of hydrogen-bond acceptors (Lipinski definition) is 5. The second kappa shape index (κ2) is 8.47. The first-order valence-electron chi connectivity index (χ1n) is 11.6. The zero-order chi connectivity index (χ0) is 22.2. The molecule has 1 amide bonds. The van der Waals surface area contributed by atoms with Crippen LogP contribution in [0, 0.1) is 6.92 Å². The van der Waals surface area contributed by atoms with Crippen LogP contribution < -0.4 is 0 Å². The van der Waals surface area contributed by atoms with E-state index in [1.54, 1.807) is 10.9 Å². The van der Waals surface area contributed by atoms with E-state index in [-0.39, 0.29) is 5.91 Å². The monoisotopic (exact) mass is 430 g/mol. The number of amides is 1. The number of rotatable bonds is 3. The van der Waals surface area contributed by atoms with Crippen LogP contribution in [0.5, 0.6) is 0 Å². The Labute approximate surface area is 189 Å². The first kappa shape index (κ1) is 20.8. The van der Waals surface area contributed by atoms with Crippen LogP contribution in [0.2, 0.25) is 0 Å². The Morgan fingerprint density at radius 2 is 1.75 bits per heavy atom. The number of carbonyl (C=O) groups is 1. The molecule has 1 aromatic carbocycles. The number of benzene rings is 1. The number of nitrogens with zero attached hydrogens (tertiary/aromatic N) is 6. The zero-order valence-corrected chi connectivity index (χ0v) is 19.1. The molecule has 0 bridgehead atoms. The van der Waals surface area contributed by atoms with Gasteiger partial charge in [0.25, 0.3) is 11.9 Å². The first-order valence-corrected chi connectivity index (χ1v) is 11.6. The summed E-state index contributed by atoms with van der Waals surface area (Å²) in [7, 11) is 0. The molecule has 166 valence electrons. The molecule has 0 spiro atoms. The molecule has 1 saturated heterocycles. The summed E-state index contributed by atoms with van der Waals surface area (Å²) in [6, 6.07) is 8.97. The summed E-state index contributed by atoms with van der Waals surface area (Å²) in [4.78, 5) is 27.1. The fraction of sp³-hybridized carbons (Fsp3) is 0.440. The molecule has 3 aromatic rings. The van der Waals surface area contributed by atoms with Gasteiger partial charge < -0.3 is 4.90 Å². The number of hydrogen-bond donors (Lipinski definition) is 0. The van der Waals surface area contributed by atoms with E-state index in [0.717, 1.165) is 56.8 Å². The van der Waals surface area contributed by atoms with Gasteiger partial charge in [0.2, 0.25) is 0 Å². The third-order valence-electron chi connectivity index (χ3n) is 6.78. The third-order valence-corrected chi connectivity index (χ3v) is 6.78. The highest BCUT2D eigenvalue weighted by molar-refractivity contribution is 5.95. The molecule has 0 atom stereocenters. The molecule has 1 fully saturated rings. The standard InChI is InChI=1S/C25H30N6O/c1-17(2)29-11-13-30(14-12-29)24(32)22-16-27-31(18(22)3)25-26-15-20-9-6-8-19-7-4-5-10-21(19)23(20)28-25/h4-5,7,10,15-17H,6,8-9,11-14H2,1-3H3. The fourth-order valence-corrected chi connectivity index (χ4v) is 4.79. The Morgan fingerprint density at radius 1 is 1.00 bits per heavy atom. The van der Waals surface area contributed by atoms with Gasteiger partial charge in [0.05, 0.1) is 23.1 Å². The molecule has 0 unspecified atom stereocenters. The van der Waals surface area contributed by atoms with E-state index in [1.165, 1.54) is 16.7 Å². The molecule has 0 radical (unpaired) electrons. The van der Waals surface area contributed by atoms with Crippen molar-refractivity contribution >= 4 is 5.91 Å². The molecule has 1 aliphatic carbocycles. The van der Waals surface area contributed by atoms with Crippen molar-refractivity contribution in [1.29, 1.82) is 0 Å². The van der Waals surface area contributed by atoms with Crippen LogP contribution in [0.3, 0.4) is 0 Å². The summed E-state index contributed by atoms with van der Waals surface area (Å²) in [5.74, 6) is 0.555. The minimum absolute atomic E-state index is 0.0391. The van der Waals surface area contributed by atoms with E-state index in [1.807, 2.05) is 18.0 Å². The predicted octanol–water partition coefficient (Wildman–Crippen LogP) is 3.29. The van der Waals surface area contributed by atoms with Crippen LogP contribution in [0.25, 0.3) is 17.2 Å². The summed E-state index contributed by atoms with van der Waals surface area (Å²) in [5, 5.41) is 4.51. The van der Waals surface area contributed by atoms with Crippen molar-refractivity contribution in [3.8, 4) is 17.2 Å². The second-order valence-electron chi connectivity index (χ2n) is 9.03. The minimum atomic E-state index is 0.0391. The maximum atomic E-state index is 13.2. The van der Waals surface area contributed by atoms with Crippen molar-refractivity contribution in [1.82, 2.24) is 29.5 Å². The summed E-state index contributed by atoms with van der Waals surface area (Å²) >= 11 is 0. The van der Waals surface area contributed by atoms with E-state index in [2.05, 4.69) is 53.1 Å². The molecule has 1 aliphatic heterocycles. The number of carbonyl (C=O) groups excluding carboxylic acids is 1. The molecule has 2 aromatic heterocycles. The van der Waals surface area contributed by atoms with Gasteiger partial charge in [0.15, 0.2) is 0 Å². The molecule has 0 saturated carbocycles. The quantitative estimate of drug-likeness (QED) is 0.638. The Balaban J connectivity index is 1.44. The van der Waals surface area contributed by atoms with Crippen LogP contribution in [0.1, 0.15) is 47.4 Å². The average molecular weight is 431 g/mol. The van der Waals surface area contributed by atoms with Crippen LogP contribution in [0.4, 0.5) is 0 Å². The van der Waals surface area contributed by atoms with E-state index >= 15 is 0 Å². The molecule has 2 aliphatic rings. The van der Waals surface area contributed by atoms with Crippen LogP contribution in [-0.2, 0) is 12.8 Å². The van der Waals surface area contributed by atoms with Crippen molar-refractivity contribution in [3.63, 3.8) is 0 Å². The van der Waals surface area contributed by atoms with E-state index in [0.29, 0.717) is 17.6 Å². The Bertz CT molecular complexity index is 1140. The van der Waals surface area contributed by atoms with Crippen molar-refractivity contribution in [3.05, 3.63) is 59.0 Å². The number of aryl methyl sites for hydroxylation is 2. The minimum Gasteiger partial charge on any atom is -0.336 e. The molecule has 32 heavy (non-hydrogen) atoms. The lowest BCUT2D eigenvalue weighted by Crippen LogP contribution is -2.50. The SMILES string of the molecule is Cc1c(C(=O)N2CCN(C(C)C)CC2)cnn1-c1ncc2c(n1)-c1ccccc1CCC2. The molecule has 7 nitrogen and oxygen atoms in total. The zero-order valence-electron chi connectivity index (χ0n) is 19.1. The van der Waals surface area contributed by atoms with E-state index in [4.69, 9.17) is 4.98 Å². The molecule has 5 rings (SSSR count). The van der Waals surface area contributed by atoms with Gasteiger partial charge in [-0.15, -0.1) is 0 Å². The van der Waals surface area contributed by atoms with E-state index in [9.17, 15) is 4.79 Å². The summed E-state index contributed by atoms with van der Waals surface area (Å²) in [6.07, 6.45) is 6.69. The van der Waals surface area contributed by atoms with Crippen LogP contribution in [-0.4, -0.2) is 67.7 Å². The lowest BCUT2D eigenvalue weighted by molar-refractivity contribution is 0.0595. The summed E-state index contributed by atoms with van der Waals surface area (Å²) in [6.45, 7) is 9.62. The predicted molar refractivity (Wildman–Crippen MR) is 124 cm³/mol. The Hall–Kier alpha value is -3.06. The third kappa shape index (κ3) is 3.71. The fourth-order valence-electron chi connectivity index (χ4n) is 4.79. The smallest absolute Gasteiger partial charge is 0.257 e. The maximum absolute atomic E-state index is 13.2. The maximum Gasteiger partial charge on any atom is 0.257 e. The van der Waals surface area contributed by atoms with E-state index < -0.39 is 0 Å². The lowest BCUT2D eigenvalue weighted by Gasteiger charge is -2.36. The second-order valence-corrected chi connectivity index (χ2v) is 9.03. The molecular formula is C25H30N6O. The first-order chi connectivity index (χ1) is 15.5. The van der Waals surface area contributed by atoms with Gasteiger partial charge in [-0.3, -0.25) is 9.69 Å². The molecule has 0 N–H and O–H groups in total. The summed E-state index contributed by atoms with van der Waals surface area (Å²) in [5.41, 5.74) is 6.06. The summed E-state index contributed by atoms with van der Waals surface area (Å²) < 4.78 is 1.70. The van der Waals surface area contributed by atoms with Gasteiger partial charge in [0.1, 0.15) is 0 Å². The van der Waals surface area contributed by atoms with Crippen molar-refractivity contribution < 1.29 is 4.79 Å². The topological polar surface area (TPSA) is 67.2 Å². The van der Waals surface area contributed by atoms with Crippen LogP contribution >= 0.6 is 0 Å². The Morgan fingerprint density at radius 3 is 2.53 bits per heavy atom.